The highest BCUT2D eigenvalue weighted by atomic mass is 15.2. The fourth-order valence-corrected chi connectivity index (χ4v) is 3.66. The number of rotatable bonds is 3. The van der Waals surface area contributed by atoms with Gasteiger partial charge >= 0.3 is 0 Å². The van der Waals surface area contributed by atoms with Crippen LogP contribution in [0.2, 0.25) is 0 Å². The van der Waals surface area contributed by atoms with E-state index in [4.69, 9.17) is 0 Å². The first-order valence-corrected chi connectivity index (χ1v) is 8.27. The van der Waals surface area contributed by atoms with Crippen molar-refractivity contribution in [2.75, 3.05) is 30.9 Å². The standard InChI is InChI=1S/C21H26N2/c1-15-14-17(10-12-19(15)22(3)4)11-13-20-16(2)18-8-6-7-9-21(18)23(20)5/h6-14,16,20H,1-5H3. The Morgan fingerprint density at radius 3 is 2.48 bits per heavy atom. The van der Waals surface area contributed by atoms with Gasteiger partial charge in [-0.2, -0.15) is 0 Å². The number of para-hydroxylation sites is 1. The first-order valence-electron chi connectivity index (χ1n) is 8.27. The van der Waals surface area contributed by atoms with E-state index in [1.165, 1.54) is 28.1 Å². The van der Waals surface area contributed by atoms with E-state index in [2.05, 4.69) is 99.4 Å². The van der Waals surface area contributed by atoms with Crippen molar-refractivity contribution >= 4 is 17.5 Å². The summed E-state index contributed by atoms with van der Waals surface area (Å²) in [4.78, 5) is 4.55. The lowest BCUT2D eigenvalue weighted by molar-refractivity contribution is 0.681. The van der Waals surface area contributed by atoms with E-state index in [1.807, 2.05) is 0 Å². The Morgan fingerprint density at radius 2 is 1.83 bits per heavy atom. The van der Waals surface area contributed by atoms with Gasteiger partial charge in [-0.3, -0.25) is 0 Å². The Kier molecular flexibility index (Phi) is 4.16. The summed E-state index contributed by atoms with van der Waals surface area (Å²) in [6.45, 7) is 4.49. The van der Waals surface area contributed by atoms with Gasteiger partial charge in [-0.05, 0) is 41.8 Å². The number of hydrogen-bond donors (Lipinski definition) is 0. The highest BCUT2D eigenvalue weighted by Crippen LogP contribution is 2.40. The van der Waals surface area contributed by atoms with Crippen LogP contribution in [0, 0.1) is 6.92 Å². The second kappa shape index (κ2) is 6.11. The number of anilines is 2. The van der Waals surface area contributed by atoms with Crippen molar-refractivity contribution in [1.29, 1.82) is 0 Å². The topological polar surface area (TPSA) is 6.48 Å². The van der Waals surface area contributed by atoms with Crippen LogP contribution in [-0.2, 0) is 0 Å². The van der Waals surface area contributed by atoms with Crippen LogP contribution in [-0.4, -0.2) is 27.2 Å². The molecule has 2 aromatic rings. The van der Waals surface area contributed by atoms with Gasteiger partial charge in [0.2, 0.25) is 0 Å². The summed E-state index contributed by atoms with van der Waals surface area (Å²) in [5.41, 5.74) is 6.66. The van der Waals surface area contributed by atoms with Crippen LogP contribution < -0.4 is 9.80 Å². The average molecular weight is 306 g/mol. The van der Waals surface area contributed by atoms with Crippen molar-refractivity contribution in [3.05, 3.63) is 65.2 Å². The molecule has 120 valence electrons. The molecule has 0 N–H and O–H groups in total. The van der Waals surface area contributed by atoms with Crippen LogP contribution in [0.25, 0.3) is 6.08 Å². The Hall–Kier alpha value is -2.22. The SMILES string of the molecule is Cc1cc(C=CC2C(C)c3ccccc3N2C)ccc1N(C)C. The highest BCUT2D eigenvalue weighted by molar-refractivity contribution is 5.65. The molecule has 0 fully saturated rings. The molecule has 0 aliphatic carbocycles. The lowest BCUT2D eigenvalue weighted by Crippen LogP contribution is -2.27. The third-order valence-electron chi connectivity index (χ3n) is 4.96. The first kappa shape index (κ1) is 15.7. The summed E-state index contributed by atoms with van der Waals surface area (Å²) < 4.78 is 0. The molecule has 0 saturated heterocycles. The quantitative estimate of drug-likeness (QED) is 0.811. The maximum atomic E-state index is 2.39. The van der Waals surface area contributed by atoms with Gasteiger partial charge in [0.15, 0.2) is 0 Å². The molecule has 2 atom stereocenters. The van der Waals surface area contributed by atoms with Crippen LogP contribution in [0.15, 0.2) is 48.5 Å². The fraction of sp³-hybridized carbons (Fsp3) is 0.333. The molecule has 23 heavy (non-hydrogen) atoms. The van der Waals surface area contributed by atoms with Crippen molar-refractivity contribution in [2.45, 2.75) is 25.8 Å². The Bertz CT molecular complexity index is 701. The minimum Gasteiger partial charge on any atom is -0.377 e. The summed E-state index contributed by atoms with van der Waals surface area (Å²) in [6, 6.07) is 15.8. The van der Waals surface area contributed by atoms with Gasteiger partial charge in [-0.15, -0.1) is 0 Å². The lowest BCUT2D eigenvalue weighted by atomic mass is 9.96. The number of benzene rings is 2. The minimum absolute atomic E-state index is 0.418. The molecule has 2 nitrogen and oxygen atoms in total. The fourth-order valence-electron chi connectivity index (χ4n) is 3.66. The predicted molar refractivity (Wildman–Crippen MR) is 102 cm³/mol. The third-order valence-corrected chi connectivity index (χ3v) is 4.96. The number of hydrogen-bond acceptors (Lipinski definition) is 2. The van der Waals surface area contributed by atoms with Gasteiger partial charge in [0.25, 0.3) is 0 Å². The number of nitrogens with zero attached hydrogens (tertiary/aromatic N) is 2. The molecular weight excluding hydrogens is 280 g/mol. The Labute approximate surface area is 140 Å². The molecule has 2 aromatic carbocycles. The summed E-state index contributed by atoms with van der Waals surface area (Å²) in [6.07, 6.45) is 4.60. The van der Waals surface area contributed by atoms with Gasteiger partial charge in [-0.25, -0.2) is 0 Å². The predicted octanol–water partition coefficient (Wildman–Crippen LogP) is 4.70. The largest absolute Gasteiger partial charge is 0.377 e. The van der Waals surface area contributed by atoms with Gasteiger partial charge in [-0.1, -0.05) is 43.3 Å². The van der Waals surface area contributed by atoms with E-state index in [1.54, 1.807) is 0 Å². The summed E-state index contributed by atoms with van der Waals surface area (Å²) >= 11 is 0. The smallest absolute Gasteiger partial charge is 0.0539 e. The molecule has 0 bridgehead atoms. The summed E-state index contributed by atoms with van der Waals surface area (Å²) in [5, 5.41) is 0. The molecule has 0 amide bonds. The maximum absolute atomic E-state index is 2.39. The number of likely N-dealkylation sites (N-methyl/N-ethyl adjacent to an activating group) is 1. The molecule has 1 heterocycles. The van der Waals surface area contributed by atoms with Crippen LogP contribution in [0.4, 0.5) is 11.4 Å². The van der Waals surface area contributed by atoms with E-state index < -0.39 is 0 Å². The minimum atomic E-state index is 0.418. The van der Waals surface area contributed by atoms with Crippen LogP contribution in [0.3, 0.4) is 0 Å². The molecule has 0 saturated carbocycles. The van der Waals surface area contributed by atoms with Crippen molar-refractivity contribution in [1.82, 2.24) is 0 Å². The van der Waals surface area contributed by atoms with E-state index in [-0.39, 0.29) is 0 Å². The Balaban J connectivity index is 1.83. The van der Waals surface area contributed by atoms with Crippen LogP contribution >= 0.6 is 0 Å². The monoisotopic (exact) mass is 306 g/mol. The molecule has 0 spiro atoms. The second-order valence-electron chi connectivity index (χ2n) is 6.75. The van der Waals surface area contributed by atoms with E-state index in [9.17, 15) is 0 Å². The molecule has 2 heteroatoms. The first-order chi connectivity index (χ1) is 11.0. The van der Waals surface area contributed by atoms with E-state index in [0.717, 1.165) is 0 Å². The summed E-state index contributed by atoms with van der Waals surface area (Å²) in [5.74, 6) is 0.523. The van der Waals surface area contributed by atoms with Crippen molar-refractivity contribution in [3.8, 4) is 0 Å². The molecule has 1 aliphatic rings. The molecule has 1 aliphatic heterocycles. The lowest BCUT2D eigenvalue weighted by Gasteiger charge is -2.22. The van der Waals surface area contributed by atoms with Crippen LogP contribution in [0.1, 0.15) is 29.5 Å². The van der Waals surface area contributed by atoms with Gasteiger partial charge < -0.3 is 9.80 Å². The normalized spacial score (nSPS) is 20.1. The molecule has 3 rings (SSSR count). The van der Waals surface area contributed by atoms with Crippen molar-refractivity contribution in [3.63, 3.8) is 0 Å². The highest BCUT2D eigenvalue weighted by Gasteiger charge is 2.30. The number of fused-ring (bicyclic) bond motifs is 1. The van der Waals surface area contributed by atoms with Gasteiger partial charge in [0, 0.05) is 38.4 Å². The molecule has 0 aromatic heterocycles. The van der Waals surface area contributed by atoms with E-state index >= 15 is 0 Å². The molecule has 2 unspecified atom stereocenters. The van der Waals surface area contributed by atoms with Gasteiger partial charge in [0.05, 0.1) is 6.04 Å². The average Bonchev–Trinajstić information content (AvgIpc) is 2.77. The summed E-state index contributed by atoms with van der Waals surface area (Å²) in [7, 11) is 6.37. The maximum Gasteiger partial charge on any atom is 0.0539 e. The van der Waals surface area contributed by atoms with Gasteiger partial charge in [0.1, 0.15) is 0 Å². The zero-order valence-electron chi connectivity index (χ0n) is 14.7. The van der Waals surface area contributed by atoms with E-state index in [0.29, 0.717) is 12.0 Å². The number of aryl methyl sites for hydroxylation is 1. The van der Waals surface area contributed by atoms with Crippen molar-refractivity contribution < 1.29 is 0 Å². The van der Waals surface area contributed by atoms with Crippen molar-refractivity contribution in [2.24, 2.45) is 0 Å². The Morgan fingerprint density at radius 1 is 1.09 bits per heavy atom. The zero-order valence-corrected chi connectivity index (χ0v) is 14.7. The second-order valence-corrected chi connectivity index (χ2v) is 6.75. The van der Waals surface area contributed by atoms with Crippen LogP contribution in [0.5, 0.6) is 0 Å². The molecule has 0 radical (unpaired) electrons. The zero-order chi connectivity index (χ0) is 16.6. The third kappa shape index (κ3) is 2.86. The molecular formula is C21H26N2.